The average Bonchev–Trinajstić information content (AvgIpc) is 2.75. The van der Waals surface area contributed by atoms with Crippen LogP contribution >= 0.6 is 0 Å². The lowest BCUT2D eigenvalue weighted by atomic mass is 10.3. The fourth-order valence-electron chi connectivity index (χ4n) is 2.27. The first kappa shape index (κ1) is 36.2. The highest BCUT2D eigenvalue weighted by molar-refractivity contribution is 4.67. The standard InChI is InChI=1S/C18H43N5.3C2H6/c1-8-21(6)13-9-19-11-15-23(18(4)5)16-12-20-10-14-22(7)17(2)3;3*1-2/h17-20H,8-16H2,1-7H3;3*1-2H3. The Kier molecular flexibility index (Phi) is 37.4. The van der Waals surface area contributed by atoms with Gasteiger partial charge in [0, 0.05) is 64.4 Å². The lowest BCUT2D eigenvalue weighted by Gasteiger charge is -2.27. The topological polar surface area (TPSA) is 33.8 Å². The van der Waals surface area contributed by atoms with Crippen molar-refractivity contribution in [3.8, 4) is 0 Å². The number of nitrogens with one attached hydrogen (secondary N) is 2. The molecule has 0 rings (SSSR count). The van der Waals surface area contributed by atoms with Crippen molar-refractivity contribution in [1.82, 2.24) is 25.3 Å². The second-order valence-corrected chi connectivity index (χ2v) is 7.10. The van der Waals surface area contributed by atoms with E-state index in [9.17, 15) is 0 Å². The van der Waals surface area contributed by atoms with E-state index in [1.165, 1.54) is 0 Å². The zero-order valence-corrected chi connectivity index (χ0v) is 22.9. The Bertz CT molecular complexity index is 260. The third-order valence-electron chi connectivity index (χ3n) is 4.61. The van der Waals surface area contributed by atoms with E-state index in [0.29, 0.717) is 12.1 Å². The Balaban J connectivity index is -0.000000472. The van der Waals surface area contributed by atoms with E-state index in [-0.39, 0.29) is 0 Å². The predicted octanol–water partition coefficient (Wildman–Crippen LogP) is 4.25. The highest BCUT2D eigenvalue weighted by Gasteiger charge is 2.08. The van der Waals surface area contributed by atoms with Crippen LogP contribution in [0.5, 0.6) is 0 Å². The minimum absolute atomic E-state index is 0.607. The molecule has 0 heterocycles. The Morgan fingerprint density at radius 2 is 0.966 bits per heavy atom. The molecule has 0 aliphatic carbocycles. The first-order valence-corrected chi connectivity index (χ1v) is 12.4. The second-order valence-electron chi connectivity index (χ2n) is 7.10. The normalized spacial score (nSPS) is 10.6. The molecule has 0 aromatic carbocycles. The van der Waals surface area contributed by atoms with Crippen LogP contribution in [0.4, 0.5) is 0 Å². The van der Waals surface area contributed by atoms with Crippen LogP contribution in [0.3, 0.4) is 0 Å². The molecule has 29 heavy (non-hydrogen) atoms. The Morgan fingerprint density at radius 1 is 0.586 bits per heavy atom. The highest BCUT2D eigenvalue weighted by Crippen LogP contribution is 1.96. The molecule has 0 aliphatic rings. The lowest BCUT2D eigenvalue weighted by molar-refractivity contribution is 0.217. The van der Waals surface area contributed by atoms with Gasteiger partial charge in [-0.2, -0.15) is 0 Å². The van der Waals surface area contributed by atoms with Gasteiger partial charge in [0.2, 0.25) is 0 Å². The summed E-state index contributed by atoms with van der Waals surface area (Å²) in [4.78, 5) is 7.27. The Labute approximate surface area is 187 Å². The van der Waals surface area contributed by atoms with E-state index in [1.54, 1.807) is 0 Å². The average molecular weight is 420 g/mol. The van der Waals surface area contributed by atoms with Gasteiger partial charge in [-0.15, -0.1) is 0 Å². The molecule has 0 saturated heterocycles. The lowest BCUT2D eigenvalue weighted by Crippen LogP contribution is -2.43. The molecule has 0 radical (unpaired) electrons. The van der Waals surface area contributed by atoms with Crippen LogP contribution in [0.1, 0.15) is 76.2 Å². The van der Waals surface area contributed by atoms with Crippen LogP contribution in [0.15, 0.2) is 0 Å². The Morgan fingerprint density at radius 3 is 1.31 bits per heavy atom. The highest BCUT2D eigenvalue weighted by atomic mass is 15.2. The summed E-state index contributed by atoms with van der Waals surface area (Å²) in [6.07, 6.45) is 0. The van der Waals surface area contributed by atoms with Gasteiger partial charge in [-0.1, -0.05) is 48.5 Å². The summed E-state index contributed by atoms with van der Waals surface area (Å²) in [7, 11) is 4.36. The summed E-state index contributed by atoms with van der Waals surface area (Å²) in [6.45, 7) is 33.2. The van der Waals surface area contributed by atoms with Gasteiger partial charge >= 0.3 is 0 Å². The molecule has 0 aromatic rings. The third-order valence-corrected chi connectivity index (χ3v) is 4.61. The third kappa shape index (κ3) is 27.8. The van der Waals surface area contributed by atoms with Crippen molar-refractivity contribution in [2.24, 2.45) is 0 Å². The fraction of sp³-hybridized carbons (Fsp3) is 1.00. The molecule has 2 N–H and O–H groups in total. The van der Waals surface area contributed by atoms with Gasteiger partial charge in [0.1, 0.15) is 0 Å². The molecular weight excluding hydrogens is 358 g/mol. The molecule has 0 aliphatic heterocycles. The first-order valence-electron chi connectivity index (χ1n) is 12.4. The summed E-state index contributed by atoms with van der Waals surface area (Å²) in [6, 6.07) is 1.23. The summed E-state index contributed by atoms with van der Waals surface area (Å²) in [5.41, 5.74) is 0. The van der Waals surface area contributed by atoms with E-state index in [4.69, 9.17) is 0 Å². The molecule has 5 heteroatoms. The van der Waals surface area contributed by atoms with E-state index < -0.39 is 0 Å². The van der Waals surface area contributed by atoms with Gasteiger partial charge in [0.05, 0.1) is 0 Å². The number of hydrogen-bond acceptors (Lipinski definition) is 5. The van der Waals surface area contributed by atoms with Crippen molar-refractivity contribution in [1.29, 1.82) is 0 Å². The molecule has 182 valence electrons. The largest absolute Gasteiger partial charge is 0.314 e. The zero-order valence-electron chi connectivity index (χ0n) is 22.9. The summed E-state index contributed by atoms with van der Waals surface area (Å²) in [5.74, 6) is 0. The van der Waals surface area contributed by atoms with E-state index >= 15 is 0 Å². The van der Waals surface area contributed by atoms with Crippen molar-refractivity contribution in [3.05, 3.63) is 0 Å². The quantitative estimate of drug-likeness (QED) is 0.388. The Hall–Kier alpha value is -0.200. The van der Waals surface area contributed by atoms with Crippen molar-refractivity contribution in [3.63, 3.8) is 0 Å². The van der Waals surface area contributed by atoms with E-state index in [2.05, 4.69) is 74.0 Å². The molecule has 0 fully saturated rings. The fourth-order valence-corrected chi connectivity index (χ4v) is 2.27. The molecule has 0 spiro atoms. The van der Waals surface area contributed by atoms with Gasteiger partial charge in [0.25, 0.3) is 0 Å². The number of hydrogen-bond donors (Lipinski definition) is 2. The smallest absolute Gasteiger partial charge is 0.0110 e. The predicted molar refractivity (Wildman–Crippen MR) is 137 cm³/mol. The van der Waals surface area contributed by atoms with Gasteiger partial charge in [0.15, 0.2) is 0 Å². The number of likely N-dealkylation sites (N-methyl/N-ethyl adjacent to an activating group) is 2. The van der Waals surface area contributed by atoms with Gasteiger partial charge in [-0.3, -0.25) is 4.90 Å². The number of nitrogens with zero attached hydrogens (tertiary/aromatic N) is 3. The van der Waals surface area contributed by atoms with Crippen LogP contribution in [-0.4, -0.2) is 99.8 Å². The first-order chi connectivity index (χ1) is 13.9. The molecular formula is C24H61N5. The SMILES string of the molecule is CC.CC.CC.CCN(C)CCNCCN(CCNCCN(C)C(C)C)C(C)C. The van der Waals surface area contributed by atoms with Crippen LogP contribution < -0.4 is 10.6 Å². The van der Waals surface area contributed by atoms with Crippen LogP contribution in [0.25, 0.3) is 0 Å². The molecule has 0 saturated carbocycles. The second kappa shape index (κ2) is 30.0. The monoisotopic (exact) mass is 419 g/mol. The van der Waals surface area contributed by atoms with Gasteiger partial charge < -0.3 is 20.4 Å². The van der Waals surface area contributed by atoms with Gasteiger partial charge in [-0.05, 0) is 48.3 Å². The van der Waals surface area contributed by atoms with Crippen molar-refractivity contribution in [2.75, 3.05) is 73.0 Å². The van der Waals surface area contributed by atoms with Gasteiger partial charge in [-0.25, -0.2) is 0 Å². The maximum atomic E-state index is 3.57. The molecule has 0 amide bonds. The van der Waals surface area contributed by atoms with Crippen molar-refractivity contribution >= 4 is 0 Å². The summed E-state index contributed by atoms with van der Waals surface area (Å²) >= 11 is 0. The minimum atomic E-state index is 0.607. The van der Waals surface area contributed by atoms with Crippen LogP contribution in [0, 0.1) is 0 Å². The van der Waals surface area contributed by atoms with Crippen molar-refractivity contribution < 1.29 is 0 Å². The molecule has 0 aromatic heterocycles. The maximum absolute atomic E-state index is 3.57. The van der Waals surface area contributed by atoms with Crippen molar-refractivity contribution in [2.45, 2.75) is 88.2 Å². The molecule has 0 bridgehead atoms. The zero-order chi connectivity index (χ0) is 23.7. The van der Waals surface area contributed by atoms with Crippen LogP contribution in [0.2, 0.25) is 0 Å². The van der Waals surface area contributed by atoms with E-state index in [1.807, 2.05) is 41.5 Å². The molecule has 5 nitrogen and oxygen atoms in total. The minimum Gasteiger partial charge on any atom is -0.314 e. The molecule has 0 unspecified atom stereocenters. The maximum Gasteiger partial charge on any atom is 0.0110 e. The van der Waals surface area contributed by atoms with Crippen LogP contribution in [-0.2, 0) is 0 Å². The molecule has 0 atom stereocenters. The summed E-state index contributed by atoms with van der Waals surface area (Å²) < 4.78 is 0. The van der Waals surface area contributed by atoms with E-state index in [0.717, 1.165) is 58.9 Å². The summed E-state index contributed by atoms with van der Waals surface area (Å²) in [5, 5.41) is 7.12. The number of rotatable bonds is 15.